The van der Waals surface area contributed by atoms with Gasteiger partial charge in [-0.1, -0.05) is 72.3 Å². The number of carbonyl (C=O) groups is 3. The van der Waals surface area contributed by atoms with Crippen LogP contribution in [0.1, 0.15) is 34.0 Å². The third-order valence-corrected chi connectivity index (χ3v) is 7.55. The average molecular weight is 449 g/mol. The first kappa shape index (κ1) is 20.6. The van der Waals surface area contributed by atoms with Crippen molar-refractivity contribution in [2.24, 2.45) is 5.92 Å². The van der Waals surface area contributed by atoms with Crippen molar-refractivity contribution >= 4 is 34.9 Å². The Morgan fingerprint density at radius 2 is 1.71 bits per heavy atom. The lowest BCUT2D eigenvalue weighted by Gasteiger charge is -2.37. The minimum absolute atomic E-state index is 0.129. The SMILES string of the molecule is CC(=O)[C@@H]1[C@@H](C(=O)c2ccccc2)[C@]2(C(=O)Nc3ccccc32)[C@H]2C=Cc3cc(C)ccc3N12. The summed E-state index contributed by atoms with van der Waals surface area (Å²) in [5.74, 6) is -1.43. The number of nitrogens with zero attached hydrogens (tertiary/aromatic N) is 1. The van der Waals surface area contributed by atoms with Crippen molar-refractivity contribution in [3.63, 3.8) is 0 Å². The summed E-state index contributed by atoms with van der Waals surface area (Å²) in [6.07, 6.45) is 4.02. The molecule has 6 rings (SSSR count). The molecule has 5 heteroatoms. The van der Waals surface area contributed by atoms with Crippen LogP contribution in [-0.4, -0.2) is 29.6 Å². The van der Waals surface area contributed by atoms with E-state index >= 15 is 0 Å². The van der Waals surface area contributed by atoms with Gasteiger partial charge in [-0.05, 0) is 43.2 Å². The van der Waals surface area contributed by atoms with E-state index in [2.05, 4.69) is 11.4 Å². The highest BCUT2D eigenvalue weighted by atomic mass is 16.2. The molecule has 168 valence electrons. The van der Waals surface area contributed by atoms with E-state index in [1.807, 2.05) is 78.6 Å². The maximum atomic E-state index is 14.2. The summed E-state index contributed by atoms with van der Waals surface area (Å²) in [6.45, 7) is 3.55. The quantitative estimate of drug-likeness (QED) is 0.597. The lowest BCUT2D eigenvalue weighted by molar-refractivity contribution is -0.122. The highest BCUT2D eigenvalue weighted by Crippen LogP contribution is 2.57. The number of ketones is 2. The number of nitrogens with one attached hydrogen (secondary N) is 1. The number of fused-ring (bicyclic) bond motifs is 6. The predicted molar refractivity (Wildman–Crippen MR) is 132 cm³/mol. The molecule has 0 radical (unpaired) electrons. The Labute approximate surface area is 198 Å². The minimum atomic E-state index is -1.22. The molecule has 3 heterocycles. The molecule has 0 aromatic heterocycles. The number of para-hydroxylation sites is 1. The van der Waals surface area contributed by atoms with Crippen LogP contribution in [0.5, 0.6) is 0 Å². The van der Waals surface area contributed by atoms with Gasteiger partial charge >= 0.3 is 0 Å². The van der Waals surface area contributed by atoms with E-state index in [1.165, 1.54) is 6.92 Å². The number of anilines is 2. The zero-order valence-electron chi connectivity index (χ0n) is 19.0. The van der Waals surface area contributed by atoms with Gasteiger partial charge in [-0.15, -0.1) is 0 Å². The zero-order valence-corrected chi connectivity index (χ0v) is 19.0. The largest absolute Gasteiger partial charge is 0.352 e. The van der Waals surface area contributed by atoms with Crippen LogP contribution in [0.4, 0.5) is 11.4 Å². The average Bonchev–Trinajstić information content (AvgIpc) is 3.32. The number of carbonyl (C=O) groups excluding carboxylic acids is 3. The molecular weight excluding hydrogens is 424 g/mol. The first-order valence-electron chi connectivity index (χ1n) is 11.5. The van der Waals surface area contributed by atoms with E-state index in [4.69, 9.17) is 0 Å². The number of hydrogen-bond donors (Lipinski definition) is 1. The molecule has 0 aliphatic carbocycles. The lowest BCUT2D eigenvalue weighted by Crippen LogP contribution is -2.51. The molecule has 0 bridgehead atoms. The van der Waals surface area contributed by atoms with Crippen molar-refractivity contribution in [2.45, 2.75) is 31.3 Å². The van der Waals surface area contributed by atoms with Crippen LogP contribution in [0.25, 0.3) is 6.08 Å². The van der Waals surface area contributed by atoms with Crippen LogP contribution in [0.3, 0.4) is 0 Å². The van der Waals surface area contributed by atoms with Gasteiger partial charge in [0.2, 0.25) is 5.91 Å². The lowest BCUT2D eigenvalue weighted by atomic mass is 9.64. The molecule has 0 unspecified atom stereocenters. The maximum absolute atomic E-state index is 14.2. The van der Waals surface area contributed by atoms with Gasteiger partial charge in [-0.2, -0.15) is 0 Å². The molecule has 34 heavy (non-hydrogen) atoms. The Balaban J connectivity index is 1.67. The Kier molecular flexibility index (Phi) is 4.40. The van der Waals surface area contributed by atoms with Gasteiger partial charge in [-0.25, -0.2) is 0 Å². The summed E-state index contributed by atoms with van der Waals surface area (Å²) in [7, 11) is 0. The van der Waals surface area contributed by atoms with Crippen LogP contribution in [0.15, 0.2) is 78.9 Å². The van der Waals surface area contributed by atoms with E-state index in [-0.39, 0.29) is 17.5 Å². The summed E-state index contributed by atoms with van der Waals surface area (Å²) in [5, 5.41) is 3.03. The molecule has 5 nitrogen and oxygen atoms in total. The fourth-order valence-corrected chi connectivity index (χ4v) is 6.23. The Hall–Kier alpha value is -3.99. The second-order valence-corrected chi connectivity index (χ2v) is 9.41. The van der Waals surface area contributed by atoms with Crippen LogP contribution < -0.4 is 10.2 Å². The number of benzene rings is 3. The first-order chi connectivity index (χ1) is 16.4. The summed E-state index contributed by atoms with van der Waals surface area (Å²) >= 11 is 0. The number of hydrogen-bond acceptors (Lipinski definition) is 4. The van der Waals surface area contributed by atoms with Gasteiger partial charge in [0.05, 0.1) is 18.0 Å². The Bertz CT molecular complexity index is 1390. The van der Waals surface area contributed by atoms with E-state index in [1.54, 1.807) is 12.1 Å². The molecule has 4 atom stereocenters. The van der Waals surface area contributed by atoms with Gasteiger partial charge in [0.25, 0.3) is 0 Å². The number of rotatable bonds is 3. The smallest absolute Gasteiger partial charge is 0.238 e. The monoisotopic (exact) mass is 448 g/mol. The van der Waals surface area contributed by atoms with Gasteiger partial charge in [0, 0.05) is 16.9 Å². The van der Waals surface area contributed by atoms with Crippen molar-refractivity contribution in [1.29, 1.82) is 0 Å². The molecule has 3 aromatic carbocycles. The van der Waals surface area contributed by atoms with Crippen molar-refractivity contribution in [1.82, 2.24) is 0 Å². The van der Waals surface area contributed by atoms with Crippen LogP contribution in [-0.2, 0) is 15.0 Å². The van der Waals surface area contributed by atoms with Crippen molar-refractivity contribution in [2.75, 3.05) is 10.2 Å². The van der Waals surface area contributed by atoms with Crippen molar-refractivity contribution in [3.8, 4) is 0 Å². The predicted octanol–water partition coefficient (Wildman–Crippen LogP) is 4.56. The zero-order chi connectivity index (χ0) is 23.6. The molecule has 3 aliphatic rings. The van der Waals surface area contributed by atoms with E-state index < -0.39 is 23.4 Å². The van der Waals surface area contributed by atoms with Crippen LogP contribution >= 0.6 is 0 Å². The number of Topliss-reactive ketones (excluding diaryl/α,β-unsaturated/α-hetero) is 2. The van der Waals surface area contributed by atoms with Crippen LogP contribution in [0.2, 0.25) is 0 Å². The molecule has 1 fully saturated rings. The molecule has 1 spiro atoms. The summed E-state index contributed by atoms with van der Waals surface area (Å²) in [4.78, 5) is 43.5. The summed E-state index contributed by atoms with van der Waals surface area (Å²) < 4.78 is 0. The second-order valence-electron chi connectivity index (χ2n) is 9.41. The van der Waals surface area contributed by atoms with Gasteiger partial charge in [0.1, 0.15) is 5.41 Å². The second kappa shape index (κ2) is 7.26. The van der Waals surface area contributed by atoms with Crippen LogP contribution in [0, 0.1) is 12.8 Å². The Morgan fingerprint density at radius 3 is 2.47 bits per heavy atom. The van der Waals surface area contributed by atoms with E-state index in [0.29, 0.717) is 11.3 Å². The third kappa shape index (κ3) is 2.58. The van der Waals surface area contributed by atoms with E-state index in [0.717, 1.165) is 22.4 Å². The molecule has 0 saturated carbocycles. The van der Waals surface area contributed by atoms with Gasteiger partial charge < -0.3 is 10.2 Å². The van der Waals surface area contributed by atoms with Crippen molar-refractivity contribution in [3.05, 3.63) is 101 Å². The number of aryl methyl sites for hydroxylation is 1. The molecule has 3 aromatic rings. The number of amides is 1. The molecule has 1 N–H and O–H groups in total. The van der Waals surface area contributed by atoms with E-state index in [9.17, 15) is 14.4 Å². The minimum Gasteiger partial charge on any atom is -0.352 e. The maximum Gasteiger partial charge on any atom is 0.238 e. The molecular formula is C29H24N2O3. The summed E-state index contributed by atoms with van der Waals surface area (Å²) in [5.41, 5.74) is 3.72. The van der Waals surface area contributed by atoms with Crippen molar-refractivity contribution < 1.29 is 14.4 Å². The standard InChI is InChI=1S/C29H24N2O3/c1-17-12-14-23-20(16-17)13-15-24-29(21-10-6-7-11-22(21)30-28(29)34)25(26(18(2)32)31(23)24)27(33)19-8-4-3-5-9-19/h3-16,24-26H,1-2H3,(H,30,34)/t24-,25+,26-,29-/m1/s1. The highest BCUT2D eigenvalue weighted by molar-refractivity contribution is 6.16. The summed E-state index contributed by atoms with van der Waals surface area (Å²) in [6, 6.07) is 21.4. The Morgan fingerprint density at radius 1 is 0.971 bits per heavy atom. The third-order valence-electron chi connectivity index (χ3n) is 7.55. The fourth-order valence-electron chi connectivity index (χ4n) is 6.23. The van der Waals surface area contributed by atoms with Gasteiger partial charge in [-0.3, -0.25) is 14.4 Å². The highest BCUT2D eigenvalue weighted by Gasteiger charge is 2.69. The normalized spacial score (nSPS) is 26.1. The fraction of sp³-hybridized carbons (Fsp3) is 0.207. The molecule has 1 saturated heterocycles. The molecule has 1 amide bonds. The topological polar surface area (TPSA) is 66.5 Å². The van der Waals surface area contributed by atoms with Gasteiger partial charge in [0.15, 0.2) is 11.6 Å². The first-order valence-corrected chi connectivity index (χ1v) is 11.5. The molecule has 3 aliphatic heterocycles.